The van der Waals surface area contributed by atoms with Crippen LogP contribution >= 0.6 is 0 Å². The van der Waals surface area contributed by atoms with Crippen LogP contribution in [0.2, 0.25) is 0 Å². The summed E-state index contributed by atoms with van der Waals surface area (Å²) in [5.41, 5.74) is 9.78. The molecule has 2 heterocycles. The highest BCUT2D eigenvalue weighted by Crippen LogP contribution is 2.32. The number of primary amides is 1. The minimum Gasteiger partial charge on any atom is -0.391 e. The van der Waals surface area contributed by atoms with Gasteiger partial charge in [0.1, 0.15) is 23.7 Å². The first-order chi connectivity index (χ1) is 13.9. The summed E-state index contributed by atoms with van der Waals surface area (Å²) < 4.78 is 0. The summed E-state index contributed by atoms with van der Waals surface area (Å²) in [7, 11) is 0. The summed E-state index contributed by atoms with van der Waals surface area (Å²) in [6, 6.07) is -3.18. The molecule has 2 aliphatic heterocycles. The number of hydrogen-bond acceptors (Lipinski definition) is 7. The number of amides is 4. The van der Waals surface area contributed by atoms with Crippen LogP contribution < -0.4 is 16.8 Å². The molecule has 7 N–H and O–H groups in total. The quantitative estimate of drug-likeness (QED) is 0.296. The lowest BCUT2D eigenvalue weighted by molar-refractivity contribution is -0.152. The molecule has 0 bridgehead atoms. The van der Waals surface area contributed by atoms with Crippen LogP contribution in [0.5, 0.6) is 0 Å². The van der Waals surface area contributed by atoms with Crippen LogP contribution in [0, 0.1) is 0 Å². The lowest BCUT2D eigenvalue weighted by atomic mass is 9.95. The lowest BCUT2D eigenvalue weighted by Gasteiger charge is -2.38. The molecular formula is C19H33N5O6. The highest BCUT2D eigenvalue weighted by Gasteiger charge is 2.50. The monoisotopic (exact) mass is 427 g/mol. The van der Waals surface area contributed by atoms with E-state index in [1.165, 1.54) is 23.6 Å². The molecule has 0 radical (unpaired) electrons. The number of nitrogens with zero attached hydrogens (tertiary/aromatic N) is 2. The van der Waals surface area contributed by atoms with Crippen molar-refractivity contribution in [3.63, 3.8) is 0 Å². The Bertz CT molecular complexity index is 699. The second-order valence-electron chi connectivity index (χ2n) is 8.42. The Morgan fingerprint density at radius 1 is 1.10 bits per heavy atom. The molecule has 2 rings (SSSR count). The van der Waals surface area contributed by atoms with Gasteiger partial charge in [-0.3, -0.25) is 19.2 Å². The molecule has 0 saturated carbocycles. The minimum atomic E-state index is -1.28. The SMILES string of the molecule is C[C@@H](O)[C@H](N)C(=O)N1CCC[C@H]1C(=O)N1CCC[C@@]1(C)C(=O)N[C@H](C(N)=O)[C@@H](C)O. The fraction of sp³-hybridized carbons (Fsp3) is 0.789. The average molecular weight is 428 g/mol. The standard InChI is InChI=1S/C19H33N5O6/c1-10(25)13(20)17(29)23-8-4-6-12(23)16(28)24-9-5-7-19(24,3)18(30)22-14(11(2)26)15(21)27/h10-14,25-26H,4-9,20H2,1-3H3,(H2,21,27)(H,22,30)/t10-,11-,12+,13+,14+,19+/m1/s1. The predicted octanol–water partition coefficient (Wildman–Crippen LogP) is -2.58. The summed E-state index contributed by atoms with van der Waals surface area (Å²) in [5, 5.41) is 21.8. The van der Waals surface area contributed by atoms with E-state index in [0.717, 1.165) is 0 Å². The zero-order valence-corrected chi connectivity index (χ0v) is 17.7. The number of nitrogens with two attached hydrogens (primary N) is 2. The Kier molecular flexibility index (Phi) is 7.43. The van der Waals surface area contributed by atoms with Crippen molar-refractivity contribution < 1.29 is 29.4 Å². The summed E-state index contributed by atoms with van der Waals surface area (Å²) >= 11 is 0. The first-order valence-corrected chi connectivity index (χ1v) is 10.3. The maximum absolute atomic E-state index is 13.3. The van der Waals surface area contributed by atoms with Gasteiger partial charge in [0.05, 0.1) is 12.2 Å². The van der Waals surface area contributed by atoms with E-state index in [9.17, 15) is 29.4 Å². The zero-order chi connectivity index (χ0) is 22.8. The van der Waals surface area contributed by atoms with Gasteiger partial charge in [-0.15, -0.1) is 0 Å². The van der Waals surface area contributed by atoms with E-state index in [1.807, 2.05) is 0 Å². The topological polar surface area (TPSA) is 179 Å². The first-order valence-electron chi connectivity index (χ1n) is 10.3. The summed E-state index contributed by atoms with van der Waals surface area (Å²) in [5.74, 6) is -2.34. The van der Waals surface area contributed by atoms with Crippen LogP contribution in [-0.2, 0) is 19.2 Å². The van der Waals surface area contributed by atoms with Gasteiger partial charge in [-0.1, -0.05) is 0 Å². The van der Waals surface area contributed by atoms with Crippen molar-refractivity contribution in [1.82, 2.24) is 15.1 Å². The van der Waals surface area contributed by atoms with Crippen molar-refractivity contribution in [3.8, 4) is 0 Å². The van der Waals surface area contributed by atoms with Crippen LogP contribution in [0.4, 0.5) is 0 Å². The van der Waals surface area contributed by atoms with Gasteiger partial charge in [0.25, 0.3) is 0 Å². The van der Waals surface area contributed by atoms with Crippen molar-refractivity contribution in [2.45, 2.75) is 82.3 Å². The van der Waals surface area contributed by atoms with Crippen molar-refractivity contribution in [1.29, 1.82) is 0 Å². The molecular weight excluding hydrogens is 394 g/mol. The van der Waals surface area contributed by atoms with Gasteiger partial charge in [-0.25, -0.2) is 0 Å². The Labute approximate surface area is 175 Å². The molecule has 4 amide bonds. The fourth-order valence-electron chi connectivity index (χ4n) is 4.14. The van der Waals surface area contributed by atoms with Gasteiger partial charge in [-0.05, 0) is 46.5 Å². The van der Waals surface area contributed by atoms with Crippen LogP contribution in [0.1, 0.15) is 46.5 Å². The highest BCUT2D eigenvalue weighted by atomic mass is 16.3. The number of aliphatic hydroxyl groups is 2. The number of rotatable bonds is 7. The lowest BCUT2D eigenvalue weighted by Crippen LogP contribution is -2.63. The van der Waals surface area contributed by atoms with E-state index in [2.05, 4.69) is 5.32 Å². The second kappa shape index (κ2) is 9.27. The van der Waals surface area contributed by atoms with Crippen molar-refractivity contribution in [2.24, 2.45) is 11.5 Å². The molecule has 30 heavy (non-hydrogen) atoms. The third-order valence-electron chi connectivity index (χ3n) is 6.10. The van der Waals surface area contributed by atoms with Gasteiger partial charge in [0.15, 0.2) is 0 Å². The molecule has 11 nitrogen and oxygen atoms in total. The van der Waals surface area contributed by atoms with Crippen LogP contribution in [0.25, 0.3) is 0 Å². The molecule has 6 atom stereocenters. The van der Waals surface area contributed by atoms with Gasteiger partial charge < -0.3 is 36.8 Å². The minimum absolute atomic E-state index is 0.319. The number of aliphatic hydroxyl groups excluding tert-OH is 2. The molecule has 0 unspecified atom stereocenters. The van der Waals surface area contributed by atoms with E-state index in [4.69, 9.17) is 11.5 Å². The molecule has 0 aliphatic carbocycles. The van der Waals surface area contributed by atoms with Gasteiger partial charge >= 0.3 is 0 Å². The largest absolute Gasteiger partial charge is 0.391 e. The zero-order valence-electron chi connectivity index (χ0n) is 17.7. The number of carbonyl (C=O) groups excluding carboxylic acids is 4. The molecule has 0 aromatic heterocycles. The third kappa shape index (κ3) is 4.57. The number of carbonyl (C=O) groups is 4. The summed E-state index contributed by atoms with van der Waals surface area (Å²) in [6.45, 7) is 5.01. The van der Waals surface area contributed by atoms with Gasteiger partial charge in [0, 0.05) is 13.1 Å². The molecule has 170 valence electrons. The highest BCUT2D eigenvalue weighted by molar-refractivity contribution is 5.97. The van der Waals surface area contributed by atoms with Gasteiger partial charge in [0.2, 0.25) is 23.6 Å². The van der Waals surface area contributed by atoms with Crippen molar-refractivity contribution >= 4 is 23.6 Å². The molecule has 2 fully saturated rings. The predicted molar refractivity (Wildman–Crippen MR) is 107 cm³/mol. The molecule has 2 saturated heterocycles. The normalized spacial score (nSPS) is 28.0. The van der Waals surface area contributed by atoms with E-state index in [-0.39, 0.29) is 5.91 Å². The molecule has 11 heteroatoms. The van der Waals surface area contributed by atoms with Crippen molar-refractivity contribution in [3.05, 3.63) is 0 Å². The Balaban J connectivity index is 2.20. The van der Waals surface area contributed by atoms with Gasteiger partial charge in [-0.2, -0.15) is 0 Å². The van der Waals surface area contributed by atoms with Crippen molar-refractivity contribution in [2.75, 3.05) is 13.1 Å². The summed E-state index contributed by atoms with van der Waals surface area (Å²) in [4.78, 5) is 53.3. The smallest absolute Gasteiger partial charge is 0.246 e. The van der Waals surface area contributed by atoms with E-state index in [0.29, 0.717) is 38.8 Å². The number of likely N-dealkylation sites (tertiary alicyclic amines) is 2. The molecule has 0 spiro atoms. The Hall–Kier alpha value is -2.24. The van der Waals surface area contributed by atoms with Crippen LogP contribution in [0.3, 0.4) is 0 Å². The second-order valence-corrected chi connectivity index (χ2v) is 8.42. The average Bonchev–Trinajstić information content (AvgIpc) is 3.31. The first kappa shape index (κ1) is 24.0. The van der Waals surface area contributed by atoms with E-state index < -0.39 is 53.6 Å². The molecule has 0 aromatic rings. The molecule has 2 aliphatic rings. The van der Waals surface area contributed by atoms with Crippen LogP contribution in [-0.4, -0.2) is 92.6 Å². The van der Waals surface area contributed by atoms with Crippen LogP contribution in [0.15, 0.2) is 0 Å². The molecule has 0 aromatic carbocycles. The fourth-order valence-corrected chi connectivity index (χ4v) is 4.14. The van der Waals surface area contributed by atoms with E-state index in [1.54, 1.807) is 6.92 Å². The third-order valence-corrected chi connectivity index (χ3v) is 6.10. The maximum atomic E-state index is 13.3. The summed E-state index contributed by atoms with van der Waals surface area (Å²) in [6.07, 6.45) is -0.267. The number of hydrogen-bond donors (Lipinski definition) is 5. The van der Waals surface area contributed by atoms with E-state index >= 15 is 0 Å². The number of nitrogens with one attached hydrogen (secondary N) is 1. The Morgan fingerprint density at radius 3 is 2.27 bits per heavy atom. The Morgan fingerprint density at radius 2 is 1.73 bits per heavy atom. The maximum Gasteiger partial charge on any atom is 0.246 e.